The zero-order chi connectivity index (χ0) is 14.5. The van der Waals surface area contributed by atoms with Crippen molar-refractivity contribution >= 4 is 6.09 Å². The highest BCUT2D eigenvalue weighted by Gasteiger charge is 2.21. The SMILES string of the molecule is CC(CNC1CCOC(C)C1)NC(=O)OC(C)(C)C. The number of alkyl carbamates (subject to hydrolysis) is 1. The first-order chi connectivity index (χ1) is 8.76. The van der Waals surface area contributed by atoms with Gasteiger partial charge in [-0.2, -0.15) is 0 Å². The molecular formula is C14H28N2O3. The van der Waals surface area contributed by atoms with Gasteiger partial charge < -0.3 is 20.1 Å². The summed E-state index contributed by atoms with van der Waals surface area (Å²) >= 11 is 0. The number of carbonyl (C=O) groups is 1. The molecule has 0 bridgehead atoms. The molecule has 3 atom stereocenters. The molecule has 112 valence electrons. The van der Waals surface area contributed by atoms with E-state index in [-0.39, 0.29) is 12.1 Å². The van der Waals surface area contributed by atoms with E-state index in [1.807, 2.05) is 27.7 Å². The van der Waals surface area contributed by atoms with Gasteiger partial charge in [-0.15, -0.1) is 0 Å². The molecule has 2 N–H and O–H groups in total. The first kappa shape index (κ1) is 16.2. The molecule has 0 spiro atoms. The largest absolute Gasteiger partial charge is 0.444 e. The monoisotopic (exact) mass is 272 g/mol. The van der Waals surface area contributed by atoms with E-state index >= 15 is 0 Å². The van der Waals surface area contributed by atoms with Crippen molar-refractivity contribution in [3.63, 3.8) is 0 Å². The molecular weight excluding hydrogens is 244 g/mol. The molecule has 5 nitrogen and oxygen atoms in total. The highest BCUT2D eigenvalue weighted by molar-refractivity contribution is 5.68. The number of rotatable bonds is 4. The highest BCUT2D eigenvalue weighted by Crippen LogP contribution is 2.13. The van der Waals surface area contributed by atoms with E-state index in [9.17, 15) is 4.79 Å². The highest BCUT2D eigenvalue weighted by atomic mass is 16.6. The van der Waals surface area contributed by atoms with Crippen LogP contribution < -0.4 is 10.6 Å². The van der Waals surface area contributed by atoms with Crippen molar-refractivity contribution in [2.45, 2.75) is 71.2 Å². The second-order valence-electron chi connectivity index (χ2n) is 6.36. The average Bonchev–Trinajstić information content (AvgIpc) is 2.23. The molecule has 0 saturated carbocycles. The van der Waals surface area contributed by atoms with Gasteiger partial charge in [-0.3, -0.25) is 0 Å². The Morgan fingerprint density at radius 2 is 2.16 bits per heavy atom. The van der Waals surface area contributed by atoms with Crippen LogP contribution in [-0.4, -0.2) is 43.0 Å². The molecule has 19 heavy (non-hydrogen) atoms. The standard InChI is InChI=1S/C14H28N2O3/c1-10(16-13(17)19-14(3,4)5)9-15-12-6-7-18-11(2)8-12/h10-12,15H,6-9H2,1-5H3,(H,16,17). The van der Waals surface area contributed by atoms with E-state index in [1.54, 1.807) is 0 Å². The molecule has 1 heterocycles. The Balaban J connectivity index is 2.20. The lowest BCUT2D eigenvalue weighted by molar-refractivity contribution is 0.0128. The fourth-order valence-electron chi connectivity index (χ4n) is 2.09. The molecule has 1 amide bonds. The van der Waals surface area contributed by atoms with Crippen LogP contribution in [-0.2, 0) is 9.47 Å². The van der Waals surface area contributed by atoms with Crippen LogP contribution in [0.3, 0.4) is 0 Å². The molecule has 1 saturated heterocycles. The van der Waals surface area contributed by atoms with Gasteiger partial charge >= 0.3 is 6.09 Å². The fourth-order valence-corrected chi connectivity index (χ4v) is 2.09. The van der Waals surface area contributed by atoms with Crippen molar-refractivity contribution in [2.75, 3.05) is 13.2 Å². The summed E-state index contributed by atoms with van der Waals surface area (Å²) in [6, 6.07) is 0.527. The van der Waals surface area contributed by atoms with Crippen molar-refractivity contribution in [1.29, 1.82) is 0 Å². The summed E-state index contributed by atoms with van der Waals surface area (Å²) in [5.74, 6) is 0. The van der Waals surface area contributed by atoms with Crippen molar-refractivity contribution in [2.24, 2.45) is 0 Å². The van der Waals surface area contributed by atoms with Crippen molar-refractivity contribution in [3.05, 3.63) is 0 Å². The summed E-state index contributed by atoms with van der Waals surface area (Å²) < 4.78 is 10.7. The van der Waals surface area contributed by atoms with Gasteiger partial charge in [0.15, 0.2) is 0 Å². The van der Waals surface area contributed by atoms with E-state index in [0.717, 1.165) is 26.0 Å². The summed E-state index contributed by atoms with van der Waals surface area (Å²) in [6.07, 6.45) is 2.02. The molecule has 3 unspecified atom stereocenters. The lowest BCUT2D eigenvalue weighted by atomic mass is 10.0. The molecule has 0 aromatic heterocycles. The summed E-state index contributed by atoms with van der Waals surface area (Å²) in [7, 11) is 0. The molecule has 1 aliphatic rings. The van der Waals surface area contributed by atoms with E-state index in [1.165, 1.54) is 0 Å². The van der Waals surface area contributed by atoms with Gasteiger partial charge in [0, 0.05) is 25.2 Å². The summed E-state index contributed by atoms with van der Waals surface area (Å²) in [5, 5.41) is 6.30. The number of hydrogen-bond acceptors (Lipinski definition) is 4. The van der Waals surface area contributed by atoms with E-state index in [0.29, 0.717) is 12.1 Å². The minimum atomic E-state index is -0.451. The summed E-state index contributed by atoms with van der Waals surface area (Å²) in [4.78, 5) is 11.6. The Labute approximate surface area is 116 Å². The normalized spacial score (nSPS) is 25.7. The van der Waals surface area contributed by atoms with Gasteiger partial charge in [-0.1, -0.05) is 0 Å². The predicted molar refractivity (Wildman–Crippen MR) is 75.3 cm³/mol. The predicted octanol–water partition coefficient (Wildman–Crippen LogP) is 2.06. The lowest BCUT2D eigenvalue weighted by Gasteiger charge is -2.29. The molecule has 1 rings (SSSR count). The van der Waals surface area contributed by atoms with E-state index in [4.69, 9.17) is 9.47 Å². The van der Waals surface area contributed by atoms with Gasteiger partial charge in [0.2, 0.25) is 0 Å². The first-order valence-electron chi connectivity index (χ1n) is 7.11. The number of nitrogens with one attached hydrogen (secondary N) is 2. The Morgan fingerprint density at radius 3 is 2.74 bits per heavy atom. The molecule has 1 fully saturated rings. The Bertz CT molecular complexity index is 289. The van der Waals surface area contributed by atoms with Crippen molar-refractivity contribution in [3.8, 4) is 0 Å². The van der Waals surface area contributed by atoms with Crippen molar-refractivity contribution in [1.82, 2.24) is 10.6 Å². The molecule has 1 aliphatic heterocycles. The van der Waals surface area contributed by atoms with Crippen LogP contribution in [0.5, 0.6) is 0 Å². The lowest BCUT2D eigenvalue weighted by Crippen LogP contribution is -2.46. The van der Waals surface area contributed by atoms with Gasteiger partial charge in [-0.25, -0.2) is 4.79 Å². The zero-order valence-electron chi connectivity index (χ0n) is 12.8. The summed E-state index contributed by atoms with van der Waals surface area (Å²) in [5.41, 5.74) is -0.451. The second kappa shape index (κ2) is 7.10. The third-order valence-electron chi connectivity index (χ3n) is 2.96. The third-order valence-corrected chi connectivity index (χ3v) is 2.96. The van der Waals surface area contributed by atoms with E-state index < -0.39 is 5.60 Å². The van der Waals surface area contributed by atoms with Crippen LogP contribution in [0.15, 0.2) is 0 Å². The van der Waals surface area contributed by atoms with Gasteiger partial charge in [-0.05, 0) is 47.5 Å². The van der Waals surface area contributed by atoms with Crippen LogP contribution >= 0.6 is 0 Å². The Hall–Kier alpha value is -0.810. The minimum Gasteiger partial charge on any atom is -0.444 e. The van der Waals surface area contributed by atoms with Gasteiger partial charge in [0.1, 0.15) is 5.60 Å². The zero-order valence-corrected chi connectivity index (χ0v) is 12.8. The van der Waals surface area contributed by atoms with Gasteiger partial charge in [0.25, 0.3) is 0 Å². The Kier molecular flexibility index (Phi) is 6.07. The quantitative estimate of drug-likeness (QED) is 0.822. The van der Waals surface area contributed by atoms with E-state index in [2.05, 4.69) is 17.6 Å². The molecule has 0 aromatic rings. The van der Waals surface area contributed by atoms with Gasteiger partial charge in [0.05, 0.1) is 6.10 Å². The molecule has 0 aliphatic carbocycles. The molecule has 0 radical (unpaired) electrons. The summed E-state index contributed by atoms with van der Waals surface area (Å²) in [6.45, 7) is 11.2. The minimum absolute atomic E-state index is 0.0491. The number of amides is 1. The maximum Gasteiger partial charge on any atom is 0.407 e. The molecule has 0 aromatic carbocycles. The maximum absolute atomic E-state index is 11.6. The number of ether oxygens (including phenoxy) is 2. The van der Waals surface area contributed by atoms with Crippen molar-refractivity contribution < 1.29 is 14.3 Å². The number of hydrogen-bond donors (Lipinski definition) is 2. The smallest absolute Gasteiger partial charge is 0.407 e. The Morgan fingerprint density at radius 1 is 1.47 bits per heavy atom. The number of carbonyl (C=O) groups excluding carboxylic acids is 1. The van der Waals surface area contributed by atoms with Crippen LogP contribution in [0.1, 0.15) is 47.5 Å². The second-order valence-corrected chi connectivity index (χ2v) is 6.36. The first-order valence-corrected chi connectivity index (χ1v) is 7.11. The van der Waals surface area contributed by atoms with Crippen LogP contribution in [0, 0.1) is 0 Å². The van der Waals surface area contributed by atoms with Crippen LogP contribution in [0.4, 0.5) is 4.79 Å². The fraction of sp³-hybridized carbons (Fsp3) is 0.929. The topological polar surface area (TPSA) is 59.6 Å². The maximum atomic E-state index is 11.6. The molecule has 5 heteroatoms. The third kappa shape index (κ3) is 7.38. The average molecular weight is 272 g/mol. The van der Waals surface area contributed by atoms with Crippen LogP contribution in [0.25, 0.3) is 0 Å². The van der Waals surface area contributed by atoms with Crippen LogP contribution in [0.2, 0.25) is 0 Å².